The van der Waals surface area contributed by atoms with Crippen LogP contribution < -0.4 is 10.1 Å². The number of carboxylic acid groups (broad SMARTS) is 1. The number of rotatable bonds is 8. The van der Waals surface area contributed by atoms with Crippen LogP contribution in [0, 0.1) is 11.6 Å². The summed E-state index contributed by atoms with van der Waals surface area (Å²) in [6, 6.07) is 10.5. The predicted octanol–water partition coefficient (Wildman–Crippen LogP) is 7.66. The summed E-state index contributed by atoms with van der Waals surface area (Å²) in [6.07, 6.45) is -2.71. The van der Waals surface area contributed by atoms with Crippen molar-refractivity contribution in [3.05, 3.63) is 94.0 Å². The molecule has 39 heavy (non-hydrogen) atoms. The first-order valence-corrected chi connectivity index (χ1v) is 12.4. The Balaban J connectivity index is 1.74. The minimum Gasteiger partial charge on any atom is -0.489 e. The number of carbonyl (C=O) groups excluding carboxylic acids is 1. The van der Waals surface area contributed by atoms with Gasteiger partial charge in [0.1, 0.15) is 24.0 Å². The van der Waals surface area contributed by atoms with Crippen molar-refractivity contribution in [3.8, 4) is 5.75 Å². The lowest BCUT2D eigenvalue weighted by molar-refractivity contribution is -0.137. The molecular formula is C29H26F5NO4. The van der Waals surface area contributed by atoms with Crippen LogP contribution in [0.5, 0.6) is 5.75 Å². The van der Waals surface area contributed by atoms with Gasteiger partial charge in [0.25, 0.3) is 0 Å². The summed E-state index contributed by atoms with van der Waals surface area (Å²) in [5, 5.41) is 12.3. The first kappa shape index (κ1) is 28.1. The molecule has 3 aromatic rings. The minimum atomic E-state index is -4.62. The molecule has 0 bridgehead atoms. The highest BCUT2D eigenvalue weighted by atomic mass is 19.4. The number of ether oxygens (including phenoxy) is 1. The van der Waals surface area contributed by atoms with Crippen molar-refractivity contribution in [2.24, 2.45) is 0 Å². The van der Waals surface area contributed by atoms with E-state index >= 15 is 0 Å². The number of benzene rings is 3. The number of carbonyl (C=O) groups is 2. The van der Waals surface area contributed by atoms with Crippen LogP contribution in [0.25, 0.3) is 0 Å². The van der Waals surface area contributed by atoms with E-state index in [2.05, 4.69) is 5.32 Å². The molecule has 0 saturated heterocycles. The van der Waals surface area contributed by atoms with Gasteiger partial charge in [-0.25, -0.2) is 13.6 Å². The van der Waals surface area contributed by atoms with Gasteiger partial charge in [0, 0.05) is 23.7 Å². The van der Waals surface area contributed by atoms with E-state index in [-0.39, 0.29) is 53.0 Å². The molecule has 0 spiro atoms. The third-order valence-corrected chi connectivity index (χ3v) is 6.89. The highest BCUT2D eigenvalue weighted by molar-refractivity contribution is 5.94. The smallest absolute Gasteiger partial charge is 0.416 e. The summed E-state index contributed by atoms with van der Waals surface area (Å²) < 4.78 is 74.2. The number of carboxylic acids is 1. The molecule has 4 rings (SSSR count). The van der Waals surface area contributed by atoms with E-state index in [4.69, 9.17) is 4.74 Å². The summed E-state index contributed by atoms with van der Waals surface area (Å²) in [4.78, 5) is 23.8. The molecule has 0 aliphatic heterocycles. The van der Waals surface area contributed by atoms with Gasteiger partial charge in [-0.2, -0.15) is 13.2 Å². The van der Waals surface area contributed by atoms with Gasteiger partial charge in [0.05, 0.1) is 11.1 Å². The number of hydrogen-bond acceptors (Lipinski definition) is 3. The van der Waals surface area contributed by atoms with Crippen LogP contribution in [0.3, 0.4) is 0 Å². The third-order valence-electron chi connectivity index (χ3n) is 6.89. The van der Waals surface area contributed by atoms with Gasteiger partial charge in [-0.05, 0) is 84.3 Å². The van der Waals surface area contributed by atoms with Crippen LogP contribution in [-0.4, -0.2) is 17.0 Å². The molecule has 0 heterocycles. The van der Waals surface area contributed by atoms with Crippen molar-refractivity contribution in [1.29, 1.82) is 0 Å². The maximum atomic E-state index is 14.2. The molecule has 1 aliphatic carbocycles. The van der Waals surface area contributed by atoms with Crippen molar-refractivity contribution in [1.82, 2.24) is 0 Å². The first-order chi connectivity index (χ1) is 18.5. The van der Waals surface area contributed by atoms with Gasteiger partial charge >= 0.3 is 12.1 Å². The quantitative estimate of drug-likeness (QED) is 0.284. The Bertz CT molecular complexity index is 1390. The van der Waals surface area contributed by atoms with E-state index in [1.807, 2.05) is 0 Å². The lowest BCUT2D eigenvalue weighted by atomic mass is 9.82. The van der Waals surface area contributed by atoms with Crippen molar-refractivity contribution in [3.63, 3.8) is 0 Å². The van der Waals surface area contributed by atoms with Crippen LogP contribution in [0.4, 0.5) is 27.6 Å². The second kappa shape index (κ2) is 11.4. The Kier molecular flexibility index (Phi) is 8.22. The zero-order valence-corrected chi connectivity index (χ0v) is 20.9. The summed E-state index contributed by atoms with van der Waals surface area (Å²) in [7, 11) is 0. The van der Waals surface area contributed by atoms with Gasteiger partial charge < -0.3 is 15.2 Å². The summed E-state index contributed by atoms with van der Waals surface area (Å²) in [6.45, 7) is 1.32. The molecule has 1 saturated carbocycles. The number of nitrogens with one attached hydrogen (secondary N) is 1. The fraction of sp³-hybridized carbons (Fsp3) is 0.310. The minimum absolute atomic E-state index is 0.0377. The van der Waals surface area contributed by atoms with Gasteiger partial charge in [-0.15, -0.1) is 0 Å². The lowest BCUT2D eigenvalue weighted by Gasteiger charge is -2.25. The number of halogens is 5. The maximum Gasteiger partial charge on any atom is 0.416 e. The molecule has 0 radical (unpaired) electrons. The van der Waals surface area contributed by atoms with E-state index < -0.39 is 35.3 Å². The molecule has 5 nitrogen and oxygen atoms in total. The Morgan fingerprint density at radius 2 is 1.74 bits per heavy atom. The maximum absolute atomic E-state index is 14.2. The SMILES string of the molecule is CCC(=O)Nc1cc(C(=O)O)cc(C2CCCC2c2cc(C(F)(F)F)ccc2OCc2ccc(F)cc2F)c1. The Morgan fingerprint density at radius 1 is 1.00 bits per heavy atom. The third kappa shape index (κ3) is 6.55. The Labute approximate surface area is 221 Å². The van der Waals surface area contributed by atoms with Gasteiger partial charge in [0.2, 0.25) is 5.91 Å². The van der Waals surface area contributed by atoms with Crippen LogP contribution >= 0.6 is 0 Å². The van der Waals surface area contributed by atoms with Crippen LogP contribution in [-0.2, 0) is 17.6 Å². The number of aromatic carboxylic acids is 1. The topological polar surface area (TPSA) is 75.6 Å². The average Bonchev–Trinajstić information content (AvgIpc) is 3.37. The fourth-order valence-corrected chi connectivity index (χ4v) is 4.98. The summed E-state index contributed by atoms with van der Waals surface area (Å²) in [5.41, 5.74) is 0.215. The molecule has 0 aromatic heterocycles. The standard InChI is InChI=1S/C29H26F5NO4/c1-2-27(36)35-21-11-17(10-18(12-21)28(37)38)22-4-3-5-23(22)24-13-19(29(32,33)34)7-9-26(24)39-15-16-6-8-20(30)14-25(16)31/h6-14,22-23H,2-5,15H2,1H3,(H,35,36)(H,37,38). The molecule has 2 atom stereocenters. The number of alkyl halides is 3. The number of anilines is 1. The van der Waals surface area contributed by atoms with Crippen molar-refractivity contribution in [2.45, 2.75) is 57.2 Å². The highest BCUT2D eigenvalue weighted by Gasteiger charge is 2.36. The van der Waals surface area contributed by atoms with E-state index in [1.54, 1.807) is 13.0 Å². The zero-order chi connectivity index (χ0) is 28.3. The monoisotopic (exact) mass is 547 g/mol. The van der Waals surface area contributed by atoms with Crippen LogP contribution in [0.2, 0.25) is 0 Å². The Hall–Kier alpha value is -3.95. The molecular weight excluding hydrogens is 521 g/mol. The van der Waals surface area contributed by atoms with Crippen molar-refractivity contribution < 1.29 is 41.4 Å². The largest absolute Gasteiger partial charge is 0.489 e. The zero-order valence-electron chi connectivity index (χ0n) is 20.9. The summed E-state index contributed by atoms with van der Waals surface area (Å²) >= 11 is 0. The van der Waals surface area contributed by atoms with E-state index in [0.29, 0.717) is 30.9 Å². The highest BCUT2D eigenvalue weighted by Crippen LogP contribution is 2.50. The van der Waals surface area contributed by atoms with Gasteiger partial charge in [-0.1, -0.05) is 13.3 Å². The second-order valence-electron chi connectivity index (χ2n) is 9.47. The Morgan fingerprint density at radius 3 is 2.41 bits per heavy atom. The molecule has 3 aromatic carbocycles. The summed E-state index contributed by atoms with van der Waals surface area (Å²) in [5.74, 6) is -3.84. The first-order valence-electron chi connectivity index (χ1n) is 12.4. The average molecular weight is 548 g/mol. The van der Waals surface area contributed by atoms with Crippen LogP contribution in [0.1, 0.15) is 77.1 Å². The fourth-order valence-electron chi connectivity index (χ4n) is 4.98. The molecule has 1 aliphatic rings. The predicted molar refractivity (Wildman–Crippen MR) is 134 cm³/mol. The number of hydrogen-bond donors (Lipinski definition) is 2. The second-order valence-corrected chi connectivity index (χ2v) is 9.47. The van der Waals surface area contributed by atoms with Gasteiger partial charge in [-0.3, -0.25) is 4.79 Å². The lowest BCUT2D eigenvalue weighted by Crippen LogP contribution is -2.14. The molecule has 2 N–H and O–H groups in total. The molecule has 10 heteroatoms. The number of amides is 1. The van der Waals surface area contributed by atoms with Gasteiger partial charge in [0.15, 0.2) is 0 Å². The van der Waals surface area contributed by atoms with E-state index in [1.165, 1.54) is 24.3 Å². The van der Waals surface area contributed by atoms with Crippen molar-refractivity contribution >= 4 is 17.6 Å². The van der Waals surface area contributed by atoms with Crippen LogP contribution in [0.15, 0.2) is 54.6 Å². The molecule has 1 fully saturated rings. The van der Waals surface area contributed by atoms with E-state index in [0.717, 1.165) is 18.2 Å². The van der Waals surface area contributed by atoms with Crippen molar-refractivity contribution in [2.75, 3.05) is 5.32 Å². The van der Waals surface area contributed by atoms with E-state index in [9.17, 15) is 36.6 Å². The molecule has 206 valence electrons. The molecule has 1 amide bonds. The molecule has 2 unspecified atom stereocenters. The normalized spacial score (nSPS) is 17.2.